The molecular formula is C16H22N4O2. The van der Waals surface area contributed by atoms with Crippen molar-refractivity contribution >= 4 is 11.7 Å². The number of rotatable bonds is 3. The third-order valence-corrected chi connectivity index (χ3v) is 4.88. The van der Waals surface area contributed by atoms with Crippen molar-refractivity contribution in [3.63, 3.8) is 0 Å². The molecule has 0 bridgehead atoms. The summed E-state index contributed by atoms with van der Waals surface area (Å²) in [5.41, 5.74) is 0.924. The zero-order valence-electron chi connectivity index (χ0n) is 12.9. The molecule has 3 atom stereocenters. The predicted octanol–water partition coefficient (Wildman–Crippen LogP) is 1.05. The van der Waals surface area contributed by atoms with E-state index in [1.165, 1.54) is 0 Å². The van der Waals surface area contributed by atoms with Crippen LogP contribution in [0.5, 0.6) is 0 Å². The lowest BCUT2D eigenvalue weighted by atomic mass is 9.91. The summed E-state index contributed by atoms with van der Waals surface area (Å²) >= 11 is 0. The van der Waals surface area contributed by atoms with Crippen molar-refractivity contribution in [2.24, 2.45) is 5.92 Å². The number of amides is 1. The molecule has 1 N–H and O–H groups in total. The normalized spacial score (nSPS) is 31.0. The number of nitrogens with one attached hydrogen (secondary N) is 1. The minimum Gasteiger partial charge on any atom is -0.363 e. The van der Waals surface area contributed by atoms with E-state index in [-0.39, 0.29) is 18.1 Å². The Morgan fingerprint density at radius 3 is 2.91 bits per heavy atom. The molecule has 1 aromatic rings. The van der Waals surface area contributed by atoms with Gasteiger partial charge >= 0.3 is 0 Å². The van der Waals surface area contributed by atoms with Crippen molar-refractivity contribution in [3.05, 3.63) is 17.8 Å². The molecule has 1 amide bonds. The number of ether oxygens (including phenoxy) is 1. The molecule has 4 rings (SSSR count). The van der Waals surface area contributed by atoms with E-state index in [2.05, 4.69) is 20.4 Å². The van der Waals surface area contributed by atoms with Crippen molar-refractivity contribution < 1.29 is 9.53 Å². The molecule has 22 heavy (non-hydrogen) atoms. The summed E-state index contributed by atoms with van der Waals surface area (Å²) < 4.78 is 6.03. The molecular weight excluding hydrogens is 280 g/mol. The van der Waals surface area contributed by atoms with E-state index in [0.29, 0.717) is 12.0 Å². The number of carbonyl (C=O) groups excluding carboxylic acids is 1. The molecule has 3 aliphatic rings. The number of fused-ring (bicyclic) bond motifs is 1. The van der Waals surface area contributed by atoms with Gasteiger partial charge in [-0.2, -0.15) is 5.10 Å². The largest absolute Gasteiger partial charge is 0.363 e. The number of aryl methyl sites for hydroxylation is 1. The van der Waals surface area contributed by atoms with Gasteiger partial charge in [-0.05, 0) is 50.7 Å². The van der Waals surface area contributed by atoms with Gasteiger partial charge in [-0.1, -0.05) is 0 Å². The standard InChI is InChI=1S/C16H22N4O2/c1-10-2-5-15(19-18-10)20-7-6-11-8-13(22-14(11)9-20)16(21)17-12-3-4-12/h2,5,11-14H,3-4,6-9H2,1H3,(H,17,21)/t11-,13-,14+/m0/s1. The average Bonchev–Trinajstić information content (AvgIpc) is 3.23. The number of anilines is 1. The lowest BCUT2D eigenvalue weighted by Gasteiger charge is -2.34. The summed E-state index contributed by atoms with van der Waals surface area (Å²) in [5, 5.41) is 11.4. The van der Waals surface area contributed by atoms with Crippen LogP contribution in [-0.4, -0.2) is 47.4 Å². The Morgan fingerprint density at radius 1 is 1.32 bits per heavy atom. The first kappa shape index (κ1) is 13.9. The van der Waals surface area contributed by atoms with Gasteiger partial charge in [0, 0.05) is 19.1 Å². The van der Waals surface area contributed by atoms with Crippen molar-refractivity contribution in [3.8, 4) is 0 Å². The van der Waals surface area contributed by atoms with Crippen LogP contribution in [0.15, 0.2) is 12.1 Å². The fourth-order valence-corrected chi connectivity index (χ4v) is 3.39. The van der Waals surface area contributed by atoms with E-state index in [0.717, 1.165) is 50.3 Å². The average molecular weight is 302 g/mol. The molecule has 2 saturated heterocycles. The van der Waals surface area contributed by atoms with Crippen LogP contribution in [-0.2, 0) is 9.53 Å². The molecule has 118 valence electrons. The van der Waals surface area contributed by atoms with E-state index < -0.39 is 0 Å². The zero-order valence-corrected chi connectivity index (χ0v) is 12.9. The summed E-state index contributed by atoms with van der Waals surface area (Å²) in [5.74, 6) is 1.47. The molecule has 0 unspecified atom stereocenters. The van der Waals surface area contributed by atoms with E-state index >= 15 is 0 Å². The lowest BCUT2D eigenvalue weighted by Crippen LogP contribution is -2.43. The van der Waals surface area contributed by atoms with Crippen molar-refractivity contribution in [2.45, 2.75) is 50.9 Å². The second-order valence-electron chi connectivity index (χ2n) is 6.71. The van der Waals surface area contributed by atoms with Gasteiger partial charge in [-0.25, -0.2) is 0 Å². The number of hydrogen-bond donors (Lipinski definition) is 1. The molecule has 0 spiro atoms. The van der Waals surface area contributed by atoms with Crippen LogP contribution >= 0.6 is 0 Å². The number of hydrogen-bond acceptors (Lipinski definition) is 5. The molecule has 3 fully saturated rings. The van der Waals surface area contributed by atoms with E-state index in [1.807, 2.05) is 19.1 Å². The highest BCUT2D eigenvalue weighted by molar-refractivity contribution is 5.81. The molecule has 6 nitrogen and oxygen atoms in total. The smallest absolute Gasteiger partial charge is 0.249 e. The molecule has 6 heteroatoms. The first-order chi connectivity index (χ1) is 10.7. The van der Waals surface area contributed by atoms with Gasteiger partial charge in [-0.3, -0.25) is 4.79 Å². The first-order valence-electron chi connectivity index (χ1n) is 8.20. The number of nitrogens with zero attached hydrogens (tertiary/aromatic N) is 3. The first-order valence-corrected chi connectivity index (χ1v) is 8.20. The Hall–Kier alpha value is -1.69. The summed E-state index contributed by atoms with van der Waals surface area (Å²) in [6.45, 7) is 3.70. The molecule has 3 heterocycles. The highest BCUT2D eigenvalue weighted by atomic mass is 16.5. The third kappa shape index (κ3) is 2.79. The van der Waals surface area contributed by atoms with Crippen LogP contribution < -0.4 is 10.2 Å². The Bertz CT molecular complexity index is 558. The number of aromatic nitrogens is 2. The Kier molecular flexibility index (Phi) is 3.48. The number of piperidine rings is 1. The van der Waals surface area contributed by atoms with Crippen LogP contribution in [0.1, 0.15) is 31.4 Å². The Morgan fingerprint density at radius 2 is 2.18 bits per heavy atom. The summed E-state index contributed by atoms with van der Waals surface area (Å²) in [6, 6.07) is 4.39. The summed E-state index contributed by atoms with van der Waals surface area (Å²) in [6.07, 6.45) is 4.01. The molecule has 1 aliphatic carbocycles. The second kappa shape index (κ2) is 5.50. The molecule has 1 saturated carbocycles. The topological polar surface area (TPSA) is 67.4 Å². The van der Waals surface area contributed by atoms with Gasteiger partial charge in [-0.15, -0.1) is 5.10 Å². The van der Waals surface area contributed by atoms with Crippen LogP contribution in [0.2, 0.25) is 0 Å². The molecule has 2 aliphatic heterocycles. The minimum absolute atomic E-state index is 0.0820. The second-order valence-corrected chi connectivity index (χ2v) is 6.71. The zero-order chi connectivity index (χ0) is 15.1. The van der Waals surface area contributed by atoms with Gasteiger partial charge in [0.05, 0.1) is 11.8 Å². The Labute approximate surface area is 130 Å². The highest BCUT2D eigenvalue weighted by Crippen LogP contribution is 2.35. The maximum absolute atomic E-state index is 12.2. The van der Waals surface area contributed by atoms with Gasteiger partial charge < -0.3 is 15.0 Å². The van der Waals surface area contributed by atoms with E-state index in [9.17, 15) is 4.79 Å². The Balaban J connectivity index is 1.38. The van der Waals surface area contributed by atoms with Gasteiger partial charge in [0.2, 0.25) is 5.91 Å². The van der Waals surface area contributed by atoms with Gasteiger partial charge in [0.1, 0.15) is 6.10 Å². The molecule has 0 radical (unpaired) electrons. The number of carbonyl (C=O) groups is 1. The lowest BCUT2D eigenvalue weighted by molar-refractivity contribution is -0.132. The fraction of sp³-hybridized carbons (Fsp3) is 0.688. The monoisotopic (exact) mass is 302 g/mol. The van der Waals surface area contributed by atoms with Crippen molar-refractivity contribution in [2.75, 3.05) is 18.0 Å². The van der Waals surface area contributed by atoms with E-state index in [1.54, 1.807) is 0 Å². The molecule has 1 aromatic heterocycles. The van der Waals surface area contributed by atoms with Crippen LogP contribution in [0.25, 0.3) is 0 Å². The van der Waals surface area contributed by atoms with Crippen molar-refractivity contribution in [1.29, 1.82) is 0 Å². The SMILES string of the molecule is Cc1ccc(N2CC[C@H]3C[C@@H](C(=O)NC4CC4)O[C@@H]3C2)nn1. The van der Waals surface area contributed by atoms with Crippen LogP contribution in [0.4, 0.5) is 5.82 Å². The predicted molar refractivity (Wildman–Crippen MR) is 81.5 cm³/mol. The third-order valence-electron chi connectivity index (χ3n) is 4.88. The van der Waals surface area contributed by atoms with Crippen molar-refractivity contribution in [1.82, 2.24) is 15.5 Å². The molecule has 0 aromatic carbocycles. The maximum Gasteiger partial charge on any atom is 0.249 e. The van der Waals surface area contributed by atoms with Gasteiger partial charge in [0.25, 0.3) is 0 Å². The van der Waals surface area contributed by atoms with E-state index in [4.69, 9.17) is 4.74 Å². The minimum atomic E-state index is -0.264. The van der Waals surface area contributed by atoms with Crippen LogP contribution in [0.3, 0.4) is 0 Å². The van der Waals surface area contributed by atoms with Crippen LogP contribution in [0, 0.1) is 12.8 Å². The maximum atomic E-state index is 12.2. The highest BCUT2D eigenvalue weighted by Gasteiger charge is 2.43. The fourth-order valence-electron chi connectivity index (χ4n) is 3.39. The summed E-state index contributed by atoms with van der Waals surface area (Å²) in [7, 11) is 0. The quantitative estimate of drug-likeness (QED) is 0.904. The van der Waals surface area contributed by atoms with Gasteiger partial charge in [0.15, 0.2) is 5.82 Å². The summed E-state index contributed by atoms with van der Waals surface area (Å²) in [4.78, 5) is 14.4.